The van der Waals surface area contributed by atoms with E-state index in [9.17, 15) is 0 Å². The monoisotopic (exact) mass is 175 g/mol. The molecule has 0 fully saturated rings. The molecule has 0 aromatic carbocycles. The third kappa shape index (κ3) is 9.11. The van der Waals surface area contributed by atoms with Crippen LogP contribution in [0.1, 0.15) is 0 Å². The fourth-order valence-electron chi connectivity index (χ4n) is 0. The normalized spacial score (nSPS) is 5.50. The number of hydrogen-bond acceptors (Lipinski definition) is 4. The summed E-state index contributed by atoms with van der Waals surface area (Å²) in [4.78, 5) is 17.9. The molecule has 6 heteroatoms. The van der Waals surface area contributed by atoms with Crippen LogP contribution in [-0.2, 0) is 9.59 Å². The fourth-order valence-corrected chi connectivity index (χ4v) is 0. The molecule has 0 amide bonds. The number of carbonyl (C=O) groups excluding carboxylic acids is 2. The van der Waals surface area contributed by atoms with Crippen LogP contribution in [0, 0.1) is 0 Å². The Bertz CT molecular complexity index is 80.0. The van der Waals surface area contributed by atoms with Gasteiger partial charge in [-0.05, 0) is 0 Å². The van der Waals surface area contributed by atoms with Crippen molar-refractivity contribution in [3.63, 3.8) is 0 Å². The first kappa shape index (κ1) is 15.6. The van der Waals surface area contributed by atoms with Gasteiger partial charge >= 0.3 is 19.8 Å². The summed E-state index contributed by atoms with van der Waals surface area (Å²) < 4.78 is 0. The van der Waals surface area contributed by atoms with Crippen LogP contribution in [0.3, 0.4) is 0 Å². The first-order valence-corrected chi connectivity index (χ1v) is 1.07. The Hall–Kier alpha value is -0.464. The summed E-state index contributed by atoms with van der Waals surface area (Å²) in [5.74, 6) is -4.37. The zero-order valence-corrected chi connectivity index (χ0v) is 6.63. The molecule has 0 radical (unpaired) electrons. The minimum atomic E-state index is -2.19. The molecule has 0 aromatic rings. The minimum Gasteiger partial charge on any atom is -0.543 e. The minimum absolute atomic E-state index is 0. The van der Waals surface area contributed by atoms with E-state index < -0.39 is 11.9 Å². The van der Waals surface area contributed by atoms with Crippen LogP contribution in [0.2, 0.25) is 0 Å². The third-order valence-electron chi connectivity index (χ3n) is 0.167. The summed E-state index contributed by atoms with van der Waals surface area (Å²) in [6.45, 7) is 0. The second-order valence-corrected chi connectivity index (χ2v) is 0.575. The maximum atomic E-state index is 8.93. The first-order valence-electron chi connectivity index (χ1n) is 1.07. The van der Waals surface area contributed by atoms with Crippen LogP contribution >= 0.6 is 0 Å². The maximum Gasteiger partial charge on any atom is 3.00 e. The van der Waals surface area contributed by atoms with Gasteiger partial charge in [0.1, 0.15) is 0 Å². The summed E-state index contributed by atoms with van der Waals surface area (Å²) in [7, 11) is 0. The van der Waals surface area contributed by atoms with Crippen molar-refractivity contribution < 1.29 is 19.8 Å². The molecule has 0 saturated heterocycles. The van der Waals surface area contributed by atoms with E-state index >= 15 is 0 Å². The molecule has 0 aliphatic heterocycles. The first-order chi connectivity index (χ1) is 2.64. The van der Waals surface area contributed by atoms with E-state index in [-0.39, 0.29) is 25.9 Å². The largest absolute Gasteiger partial charge is 3.00 e. The Morgan fingerprint density at radius 1 is 1.00 bits per heavy atom. The summed E-state index contributed by atoms with van der Waals surface area (Å²) in [6, 6.07) is 0. The molecule has 0 rings (SSSR count). The van der Waals surface area contributed by atoms with Gasteiger partial charge in [-0.2, -0.15) is 0 Å². The van der Waals surface area contributed by atoms with Gasteiger partial charge in [-0.3, -0.25) is 0 Å². The molecule has 5 nitrogen and oxygen atoms in total. The van der Waals surface area contributed by atoms with E-state index in [2.05, 4.69) is 0 Å². The van der Waals surface area contributed by atoms with Gasteiger partial charge in [0, 0.05) is 0 Å². The van der Waals surface area contributed by atoms with Crippen molar-refractivity contribution in [1.82, 2.24) is 6.15 Å². The second kappa shape index (κ2) is 6.54. The fraction of sp³-hybridized carbons (Fsp3) is 0. The van der Waals surface area contributed by atoms with Crippen LogP contribution in [0.4, 0.5) is 0 Å². The zero-order valence-electron chi connectivity index (χ0n) is 4.21. The quantitative estimate of drug-likeness (QED) is 0.304. The SMILES string of the molecule is O=C([O-])C(=O)[O-].[Ga+3].[NH4+]. The van der Waals surface area contributed by atoms with Gasteiger partial charge in [-0.1, -0.05) is 0 Å². The summed E-state index contributed by atoms with van der Waals surface area (Å²) in [5, 5.41) is 17.9. The van der Waals surface area contributed by atoms with Gasteiger partial charge < -0.3 is 26.0 Å². The van der Waals surface area contributed by atoms with Gasteiger partial charge in [-0.15, -0.1) is 0 Å². The topological polar surface area (TPSA) is 117 Å². The van der Waals surface area contributed by atoms with Gasteiger partial charge in [0.15, 0.2) is 0 Å². The maximum absolute atomic E-state index is 8.93. The molecular weight excluding hydrogens is 172 g/mol. The Labute approximate surface area is 58.3 Å². The molecule has 0 bridgehead atoms. The van der Waals surface area contributed by atoms with E-state index in [1.807, 2.05) is 0 Å². The van der Waals surface area contributed by atoms with Crippen LogP contribution in [-0.4, -0.2) is 31.7 Å². The molecule has 0 aliphatic carbocycles. The van der Waals surface area contributed by atoms with E-state index in [4.69, 9.17) is 19.8 Å². The van der Waals surface area contributed by atoms with Gasteiger partial charge in [-0.25, -0.2) is 0 Å². The number of carboxylic acid groups (broad SMARTS) is 2. The number of hydrogen-bond donors (Lipinski definition) is 1. The predicted molar refractivity (Wildman–Crippen MR) is 21.8 cm³/mol. The second-order valence-electron chi connectivity index (χ2n) is 0.575. The number of rotatable bonds is 0. The van der Waals surface area contributed by atoms with E-state index in [0.29, 0.717) is 0 Å². The molecule has 0 saturated carbocycles. The molecule has 0 atom stereocenters. The molecule has 0 spiro atoms. The number of quaternary nitrogens is 1. The van der Waals surface area contributed by atoms with Crippen molar-refractivity contribution in [2.75, 3.05) is 0 Å². The molecule has 0 aliphatic rings. The van der Waals surface area contributed by atoms with Crippen LogP contribution < -0.4 is 16.4 Å². The summed E-state index contributed by atoms with van der Waals surface area (Å²) in [5.41, 5.74) is 0. The standard InChI is InChI=1S/C2H2O4.Ga.H3N/c3-1(4)2(5)6;;/h(H,3,4)(H,5,6);;1H3/q;+3;/p-1. The Balaban J connectivity index is -0.000000125. The molecule has 4 N–H and O–H groups in total. The van der Waals surface area contributed by atoms with Crippen LogP contribution in [0.15, 0.2) is 0 Å². The number of carboxylic acids is 2. The average Bonchev–Trinajstić information content (AvgIpc) is 1.36. The zero-order chi connectivity index (χ0) is 5.15. The van der Waals surface area contributed by atoms with Gasteiger partial charge in [0.05, 0.1) is 11.9 Å². The molecule has 42 valence electrons. The van der Waals surface area contributed by atoms with E-state index in [1.54, 1.807) is 0 Å². The summed E-state index contributed by atoms with van der Waals surface area (Å²) in [6.07, 6.45) is 0. The third-order valence-corrected chi connectivity index (χ3v) is 0.167. The van der Waals surface area contributed by atoms with Gasteiger partial charge in [0.2, 0.25) is 0 Å². The van der Waals surface area contributed by atoms with Crippen molar-refractivity contribution in [3.8, 4) is 0 Å². The van der Waals surface area contributed by atoms with Gasteiger partial charge in [0.25, 0.3) is 0 Å². The molecule has 0 aromatic heterocycles. The molecule has 0 unspecified atom stereocenters. The van der Waals surface area contributed by atoms with Crippen molar-refractivity contribution in [1.29, 1.82) is 0 Å². The van der Waals surface area contributed by atoms with Crippen LogP contribution in [0.5, 0.6) is 0 Å². The van der Waals surface area contributed by atoms with Crippen molar-refractivity contribution in [2.45, 2.75) is 0 Å². The van der Waals surface area contributed by atoms with Crippen molar-refractivity contribution in [2.24, 2.45) is 0 Å². The summed E-state index contributed by atoms with van der Waals surface area (Å²) >= 11 is 0. The Kier molecular flexibility index (Phi) is 12.8. The molecule has 8 heavy (non-hydrogen) atoms. The Morgan fingerprint density at radius 3 is 1.12 bits per heavy atom. The van der Waals surface area contributed by atoms with Crippen molar-refractivity contribution in [3.05, 3.63) is 0 Å². The Morgan fingerprint density at radius 2 is 1.12 bits per heavy atom. The van der Waals surface area contributed by atoms with Crippen LogP contribution in [0.25, 0.3) is 0 Å². The predicted octanol–water partition coefficient (Wildman–Crippen LogP) is -3.52. The van der Waals surface area contributed by atoms with E-state index in [1.165, 1.54) is 0 Å². The van der Waals surface area contributed by atoms with E-state index in [0.717, 1.165) is 0 Å². The molecular formula is C2H4GaNO4+2. The number of carbonyl (C=O) groups is 2. The molecule has 0 heterocycles. The number of aliphatic carboxylic acids is 2. The smallest absolute Gasteiger partial charge is 0.543 e. The van der Waals surface area contributed by atoms with Crippen molar-refractivity contribution >= 4 is 31.7 Å². The average molecular weight is 176 g/mol.